The highest BCUT2D eigenvalue weighted by molar-refractivity contribution is 5.77. The summed E-state index contributed by atoms with van der Waals surface area (Å²) >= 11 is 0. The van der Waals surface area contributed by atoms with Crippen LogP contribution in [0.1, 0.15) is 12.8 Å². The summed E-state index contributed by atoms with van der Waals surface area (Å²) in [5.41, 5.74) is 5.51. The fourth-order valence-electron chi connectivity index (χ4n) is 3.58. The Labute approximate surface area is 190 Å². The molecule has 2 rings (SSSR count). The van der Waals surface area contributed by atoms with E-state index in [1.807, 2.05) is 0 Å². The number of carbonyl (C=O) groups is 2. The summed E-state index contributed by atoms with van der Waals surface area (Å²) < 4.78 is 9.04. The Morgan fingerprint density at radius 2 is 0.971 bits per heavy atom. The Kier molecular flexibility index (Phi) is 8.59. The zero-order valence-corrected chi connectivity index (χ0v) is 17.3. The number of aliphatic hydroxyl groups is 12. The van der Waals surface area contributed by atoms with E-state index in [4.69, 9.17) is 5.73 Å². The van der Waals surface area contributed by atoms with E-state index in [9.17, 15) is 70.9 Å². The summed E-state index contributed by atoms with van der Waals surface area (Å²) in [6, 6.07) is -1.79. The summed E-state index contributed by atoms with van der Waals surface area (Å²) in [5, 5.41) is 117. The zero-order valence-electron chi connectivity index (χ0n) is 17.3. The van der Waals surface area contributed by atoms with Gasteiger partial charge in [0.2, 0.25) is 0 Å². The maximum absolute atomic E-state index is 12.2. The molecule has 2 aliphatic rings. The van der Waals surface area contributed by atoms with Crippen molar-refractivity contribution in [3.8, 4) is 0 Å². The van der Waals surface area contributed by atoms with Gasteiger partial charge in [-0.1, -0.05) is 0 Å². The largest absolute Gasteiger partial charge is 0.427 e. The van der Waals surface area contributed by atoms with Gasteiger partial charge in [0.15, 0.2) is 24.4 Å². The van der Waals surface area contributed by atoms with Crippen molar-refractivity contribution in [2.75, 3.05) is 0 Å². The quantitative estimate of drug-likeness (QED) is 0.118. The SMILES string of the molecule is N[C@@H](CCC(=O)OC1(O)[C@H](O)[C@H](O)C(O)[C@H](O)[C@H]1O)C(=O)OC1(O)[C@H](O)[C@H](O)C(O)[C@H](O)[C@H]1O. The van der Waals surface area contributed by atoms with Crippen LogP contribution in [0.2, 0.25) is 0 Å². The lowest BCUT2D eigenvalue weighted by atomic mass is 9.82. The smallest absolute Gasteiger partial charge is 0.325 e. The van der Waals surface area contributed by atoms with Crippen LogP contribution in [-0.2, 0) is 19.1 Å². The molecule has 14 N–H and O–H groups in total. The zero-order chi connectivity index (χ0) is 26.3. The Morgan fingerprint density at radius 3 is 1.32 bits per heavy atom. The van der Waals surface area contributed by atoms with Gasteiger partial charge in [0.05, 0.1) is 0 Å². The fourth-order valence-corrected chi connectivity index (χ4v) is 3.58. The van der Waals surface area contributed by atoms with Crippen molar-refractivity contribution in [2.24, 2.45) is 5.73 Å². The molecule has 13 atom stereocenters. The number of ether oxygens (including phenoxy) is 2. The summed E-state index contributed by atoms with van der Waals surface area (Å²) in [4.78, 5) is 24.2. The molecule has 0 saturated heterocycles. The van der Waals surface area contributed by atoms with Crippen LogP contribution in [0, 0.1) is 0 Å². The first-order chi connectivity index (χ1) is 15.5. The molecule has 0 aromatic heterocycles. The summed E-state index contributed by atoms with van der Waals surface area (Å²) in [5.74, 6) is -9.54. The van der Waals surface area contributed by atoms with Crippen LogP contribution >= 0.6 is 0 Å². The summed E-state index contributed by atoms with van der Waals surface area (Å²) in [7, 11) is 0. The average molecular weight is 503 g/mol. The number of carbonyl (C=O) groups excluding carboxylic acids is 2. The molecule has 198 valence electrons. The molecule has 0 aromatic carbocycles. The van der Waals surface area contributed by atoms with Gasteiger partial charge in [0, 0.05) is 6.42 Å². The molecule has 0 heterocycles. The molecule has 2 aliphatic carbocycles. The predicted octanol–water partition coefficient (Wildman–Crippen LogP) is -8.81. The fraction of sp³-hybridized carbons (Fsp3) is 0.882. The number of rotatable bonds is 6. The van der Waals surface area contributed by atoms with Gasteiger partial charge in [-0.3, -0.25) is 9.59 Å². The molecule has 0 spiro atoms. The minimum Gasteiger partial charge on any atom is -0.427 e. The van der Waals surface area contributed by atoms with Gasteiger partial charge < -0.3 is 76.5 Å². The Morgan fingerprint density at radius 1 is 0.647 bits per heavy atom. The van der Waals surface area contributed by atoms with Gasteiger partial charge in [-0.2, -0.15) is 0 Å². The van der Waals surface area contributed by atoms with E-state index in [2.05, 4.69) is 9.47 Å². The predicted molar refractivity (Wildman–Crippen MR) is 99.4 cm³/mol. The minimum atomic E-state index is -3.30. The molecular weight excluding hydrogens is 474 g/mol. The van der Waals surface area contributed by atoms with E-state index >= 15 is 0 Å². The van der Waals surface area contributed by atoms with Crippen molar-refractivity contribution >= 4 is 11.9 Å². The highest BCUT2D eigenvalue weighted by Crippen LogP contribution is 2.33. The second-order valence-electron chi connectivity index (χ2n) is 8.27. The Bertz CT molecular complexity index is 719. The number of esters is 2. The molecule has 0 amide bonds. The number of nitrogens with two attached hydrogens (primary N) is 1. The topological polar surface area (TPSA) is 321 Å². The normalized spacial score (nSPS) is 48.1. The third kappa shape index (κ3) is 4.88. The minimum absolute atomic E-state index is 0.663. The third-order valence-electron chi connectivity index (χ3n) is 5.89. The number of hydrogen-bond donors (Lipinski definition) is 13. The molecule has 34 heavy (non-hydrogen) atoms. The van der Waals surface area contributed by atoms with Crippen molar-refractivity contribution in [1.82, 2.24) is 0 Å². The van der Waals surface area contributed by atoms with Gasteiger partial charge in [-0.25, -0.2) is 0 Å². The van der Waals surface area contributed by atoms with Crippen LogP contribution in [0.25, 0.3) is 0 Å². The summed E-state index contributed by atoms with van der Waals surface area (Å²) in [6.45, 7) is 0. The lowest BCUT2D eigenvalue weighted by Gasteiger charge is -2.46. The van der Waals surface area contributed by atoms with Crippen LogP contribution in [0.3, 0.4) is 0 Å². The highest BCUT2D eigenvalue weighted by atomic mass is 16.7. The van der Waals surface area contributed by atoms with E-state index in [1.54, 1.807) is 0 Å². The average Bonchev–Trinajstić information content (AvgIpc) is 2.80. The van der Waals surface area contributed by atoms with Crippen LogP contribution in [0.5, 0.6) is 0 Å². The van der Waals surface area contributed by atoms with Gasteiger partial charge >= 0.3 is 11.9 Å². The maximum Gasteiger partial charge on any atom is 0.325 e. The maximum atomic E-state index is 12.2. The van der Waals surface area contributed by atoms with Crippen LogP contribution in [0.4, 0.5) is 0 Å². The van der Waals surface area contributed by atoms with Crippen LogP contribution in [0.15, 0.2) is 0 Å². The van der Waals surface area contributed by atoms with Crippen molar-refractivity contribution in [2.45, 2.75) is 91.5 Å². The molecule has 0 aliphatic heterocycles. The molecule has 17 nitrogen and oxygen atoms in total. The molecule has 17 heteroatoms. The van der Waals surface area contributed by atoms with Gasteiger partial charge in [-0.05, 0) is 6.42 Å². The van der Waals surface area contributed by atoms with Crippen molar-refractivity contribution in [3.63, 3.8) is 0 Å². The Hall–Kier alpha value is -1.58. The molecule has 2 saturated carbocycles. The first kappa shape index (κ1) is 28.7. The molecule has 4 unspecified atom stereocenters. The molecule has 0 radical (unpaired) electrons. The lowest BCUT2D eigenvalue weighted by molar-refractivity contribution is -0.348. The van der Waals surface area contributed by atoms with E-state index < -0.39 is 103 Å². The second kappa shape index (κ2) is 10.2. The van der Waals surface area contributed by atoms with Gasteiger partial charge in [0.25, 0.3) is 11.6 Å². The Balaban J connectivity index is 1.99. The monoisotopic (exact) mass is 503 g/mol. The van der Waals surface area contributed by atoms with Crippen molar-refractivity contribution in [3.05, 3.63) is 0 Å². The third-order valence-corrected chi connectivity index (χ3v) is 5.89. The lowest BCUT2D eigenvalue weighted by Crippen LogP contribution is -2.72. The second-order valence-corrected chi connectivity index (χ2v) is 8.27. The summed E-state index contributed by atoms with van der Waals surface area (Å²) in [6.07, 6.45) is -24.4. The van der Waals surface area contributed by atoms with E-state index in [0.717, 1.165) is 0 Å². The first-order valence-corrected chi connectivity index (χ1v) is 9.96. The van der Waals surface area contributed by atoms with Crippen LogP contribution in [-0.4, -0.2) is 152 Å². The standard InChI is InChI=1S/C17H29NO16/c18-3(15(30)34-17(32)13(28)9(24)6(21)10(25)14(17)29)1-2-4(19)33-16(31)11(26)7(22)5(20)8(23)12(16)27/h3,5-14,20-29,31-32H,1-2,18H2/t3-,5?,6?,7-,8+,9-,10+,11+,12+,13+,14+,16?,17?/m0/s1. The molecular formula is C17H29NO16. The first-order valence-electron chi connectivity index (χ1n) is 9.96. The van der Waals surface area contributed by atoms with Gasteiger partial charge in [-0.15, -0.1) is 0 Å². The van der Waals surface area contributed by atoms with E-state index in [-0.39, 0.29) is 0 Å². The highest BCUT2D eigenvalue weighted by Gasteiger charge is 2.62. The number of aliphatic hydroxyl groups excluding tert-OH is 10. The molecule has 0 aromatic rings. The molecule has 2 fully saturated rings. The van der Waals surface area contributed by atoms with E-state index in [1.165, 1.54) is 0 Å². The molecule has 0 bridgehead atoms. The van der Waals surface area contributed by atoms with Gasteiger partial charge in [0.1, 0.15) is 42.7 Å². The van der Waals surface area contributed by atoms with Crippen LogP contribution < -0.4 is 5.73 Å². The van der Waals surface area contributed by atoms with Crippen molar-refractivity contribution < 1.29 is 80.3 Å². The van der Waals surface area contributed by atoms with Crippen molar-refractivity contribution in [1.29, 1.82) is 0 Å². The van der Waals surface area contributed by atoms with E-state index in [0.29, 0.717) is 0 Å². The number of hydrogen-bond acceptors (Lipinski definition) is 17.